The summed E-state index contributed by atoms with van der Waals surface area (Å²) in [5.74, 6) is -0.116. The van der Waals surface area contributed by atoms with Crippen LogP contribution in [0.15, 0.2) is 45.1 Å². The predicted molar refractivity (Wildman–Crippen MR) is 99.7 cm³/mol. The van der Waals surface area contributed by atoms with Gasteiger partial charge in [-0.25, -0.2) is 4.79 Å². The highest BCUT2D eigenvalue weighted by Gasteiger charge is 2.39. The van der Waals surface area contributed by atoms with Crippen molar-refractivity contribution >= 4 is 23.2 Å². The van der Waals surface area contributed by atoms with Crippen molar-refractivity contribution in [2.75, 3.05) is 5.32 Å². The number of nitrogens with one attached hydrogen (secondary N) is 1. The summed E-state index contributed by atoms with van der Waals surface area (Å²) in [5.41, 5.74) is 1.64. The van der Waals surface area contributed by atoms with Crippen molar-refractivity contribution in [3.63, 3.8) is 0 Å². The molecule has 0 amide bonds. The first kappa shape index (κ1) is 16.8. The van der Waals surface area contributed by atoms with Gasteiger partial charge in [-0.2, -0.15) is 0 Å². The molecule has 1 unspecified atom stereocenters. The van der Waals surface area contributed by atoms with Gasteiger partial charge in [0.1, 0.15) is 5.82 Å². The Bertz CT molecular complexity index is 1090. The maximum absolute atomic E-state index is 13.0. The molecule has 0 saturated heterocycles. The third-order valence-electron chi connectivity index (χ3n) is 5.22. The van der Waals surface area contributed by atoms with Crippen LogP contribution in [0.1, 0.15) is 36.3 Å². The number of carbonyl (C=O) groups is 1. The highest BCUT2D eigenvalue weighted by atomic mass is 35.5. The van der Waals surface area contributed by atoms with Gasteiger partial charge < -0.3 is 5.32 Å². The van der Waals surface area contributed by atoms with Crippen LogP contribution in [-0.4, -0.2) is 14.9 Å². The van der Waals surface area contributed by atoms with E-state index in [-0.39, 0.29) is 5.78 Å². The van der Waals surface area contributed by atoms with Crippen LogP contribution in [0.4, 0.5) is 5.82 Å². The molecule has 2 heterocycles. The molecular weight excluding hydrogens is 354 g/mol. The maximum Gasteiger partial charge on any atom is 0.332 e. The first-order chi connectivity index (χ1) is 12.4. The summed E-state index contributed by atoms with van der Waals surface area (Å²) in [5, 5.41) is 3.68. The number of carbonyl (C=O) groups excluding carboxylic acids is 1. The number of hydrogen-bond acceptors (Lipinski definition) is 4. The summed E-state index contributed by atoms with van der Waals surface area (Å²) < 4.78 is 2.49. The summed E-state index contributed by atoms with van der Waals surface area (Å²) in [6.07, 6.45) is 1.89. The zero-order chi connectivity index (χ0) is 18.6. The van der Waals surface area contributed by atoms with Crippen LogP contribution in [0.3, 0.4) is 0 Å². The number of benzene rings is 1. The number of aromatic nitrogens is 2. The second-order valence-electron chi connectivity index (χ2n) is 6.72. The fourth-order valence-corrected chi connectivity index (χ4v) is 4.16. The molecule has 2 aliphatic rings. The van der Waals surface area contributed by atoms with Crippen LogP contribution in [0, 0.1) is 0 Å². The second kappa shape index (κ2) is 5.99. The summed E-state index contributed by atoms with van der Waals surface area (Å²) in [6.45, 7) is 0. The van der Waals surface area contributed by atoms with E-state index in [4.69, 9.17) is 11.6 Å². The molecule has 26 heavy (non-hydrogen) atoms. The molecule has 1 aromatic heterocycles. The average molecular weight is 372 g/mol. The SMILES string of the molecule is Cn1c2c(c(=O)n(C)c1=O)C(c1ccccc1Cl)C1=C(CCCC1=O)N2. The zero-order valence-electron chi connectivity index (χ0n) is 14.5. The van der Waals surface area contributed by atoms with Gasteiger partial charge in [-0.3, -0.25) is 18.7 Å². The van der Waals surface area contributed by atoms with Crippen LogP contribution in [0.2, 0.25) is 5.02 Å². The van der Waals surface area contributed by atoms with E-state index in [1.54, 1.807) is 13.1 Å². The molecule has 0 saturated carbocycles. The smallest absolute Gasteiger partial charge is 0.332 e. The third-order valence-corrected chi connectivity index (χ3v) is 5.56. The van der Waals surface area contributed by atoms with Gasteiger partial charge in [-0.1, -0.05) is 29.8 Å². The van der Waals surface area contributed by atoms with Crippen molar-refractivity contribution in [2.45, 2.75) is 25.2 Å². The standard InChI is InChI=1S/C19H18ClN3O3/c1-22-17-16(18(25)23(2)19(22)26)14(10-6-3-4-7-11(10)20)15-12(21-17)8-5-9-13(15)24/h3-4,6-7,14,21H,5,8-9H2,1-2H3. The maximum atomic E-state index is 13.0. The number of Topliss-reactive ketones (excluding diaryl/α,β-unsaturated/α-hetero) is 1. The number of nitrogens with zero attached hydrogens (tertiary/aromatic N) is 2. The Kier molecular flexibility index (Phi) is 3.88. The van der Waals surface area contributed by atoms with Crippen molar-refractivity contribution in [3.05, 3.63) is 72.5 Å². The molecule has 0 radical (unpaired) electrons. The average Bonchev–Trinajstić information content (AvgIpc) is 2.64. The number of hydrogen-bond donors (Lipinski definition) is 1. The van der Waals surface area contributed by atoms with E-state index in [0.29, 0.717) is 40.4 Å². The van der Waals surface area contributed by atoms with E-state index in [2.05, 4.69) is 5.32 Å². The molecule has 7 heteroatoms. The van der Waals surface area contributed by atoms with Crippen molar-refractivity contribution in [2.24, 2.45) is 14.1 Å². The minimum Gasteiger partial charge on any atom is -0.344 e. The van der Waals surface area contributed by atoms with E-state index in [1.165, 1.54) is 11.6 Å². The van der Waals surface area contributed by atoms with Crippen LogP contribution < -0.4 is 16.6 Å². The summed E-state index contributed by atoms with van der Waals surface area (Å²) in [7, 11) is 3.06. The lowest BCUT2D eigenvalue weighted by molar-refractivity contribution is -0.116. The Morgan fingerprint density at radius 1 is 1.08 bits per heavy atom. The van der Waals surface area contributed by atoms with Crippen LogP contribution in [-0.2, 0) is 18.9 Å². The van der Waals surface area contributed by atoms with E-state index < -0.39 is 17.2 Å². The number of rotatable bonds is 1. The van der Waals surface area contributed by atoms with E-state index >= 15 is 0 Å². The van der Waals surface area contributed by atoms with Gasteiger partial charge in [0.25, 0.3) is 5.56 Å². The highest BCUT2D eigenvalue weighted by molar-refractivity contribution is 6.31. The molecule has 2 aromatic rings. The van der Waals surface area contributed by atoms with E-state index in [9.17, 15) is 14.4 Å². The first-order valence-corrected chi connectivity index (χ1v) is 8.87. The Balaban J connectivity index is 2.12. The number of halogens is 1. The Morgan fingerprint density at radius 3 is 2.54 bits per heavy atom. The van der Waals surface area contributed by atoms with Gasteiger partial charge in [0.2, 0.25) is 0 Å². The van der Waals surface area contributed by atoms with Crippen LogP contribution in [0.5, 0.6) is 0 Å². The van der Waals surface area contributed by atoms with Gasteiger partial charge >= 0.3 is 5.69 Å². The molecule has 1 atom stereocenters. The second-order valence-corrected chi connectivity index (χ2v) is 7.12. The van der Waals surface area contributed by atoms with E-state index in [1.807, 2.05) is 18.2 Å². The molecule has 0 spiro atoms. The molecule has 134 valence electrons. The summed E-state index contributed by atoms with van der Waals surface area (Å²) in [6, 6.07) is 7.23. The third kappa shape index (κ3) is 2.29. The lowest BCUT2D eigenvalue weighted by Gasteiger charge is -2.34. The highest BCUT2D eigenvalue weighted by Crippen LogP contribution is 2.44. The Morgan fingerprint density at radius 2 is 1.81 bits per heavy atom. The Hall–Kier alpha value is -2.60. The zero-order valence-corrected chi connectivity index (χ0v) is 15.3. The number of ketones is 1. The van der Waals surface area contributed by atoms with Crippen molar-refractivity contribution in [1.82, 2.24) is 9.13 Å². The van der Waals surface area contributed by atoms with Gasteiger partial charge in [-0.15, -0.1) is 0 Å². The van der Waals surface area contributed by atoms with Gasteiger partial charge in [0, 0.05) is 42.7 Å². The van der Waals surface area contributed by atoms with Gasteiger partial charge in [0.15, 0.2) is 5.78 Å². The normalized spacial score (nSPS) is 19.0. The van der Waals surface area contributed by atoms with Gasteiger partial charge in [-0.05, 0) is 24.5 Å². The minimum absolute atomic E-state index is 0.0187. The molecule has 0 fully saturated rings. The minimum atomic E-state index is -0.576. The lowest BCUT2D eigenvalue weighted by Crippen LogP contribution is -2.44. The number of allylic oxidation sites excluding steroid dienone is 2. The first-order valence-electron chi connectivity index (χ1n) is 8.49. The molecule has 1 aliphatic heterocycles. The lowest BCUT2D eigenvalue weighted by atomic mass is 9.76. The topological polar surface area (TPSA) is 73.1 Å². The largest absolute Gasteiger partial charge is 0.344 e. The summed E-state index contributed by atoms with van der Waals surface area (Å²) >= 11 is 6.43. The van der Waals surface area contributed by atoms with Gasteiger partial charge in [0.05, 0.1) is 5.56 Å². The van der Waals surface area contributed by atoms with E-state index in [0.717, 1.165) is 16.7 Å². The van der Waals surface area contributed by atoms with Crippen molar-refractivity contribution in [3.8, 4) is 0 Å². The molecule has 1 aromatic carbocycles. The fraction of sp³-hybridized carbons (Fsp3) is 0.316. The monoisotopic (exact) mass is 371 g/mol. The Labute approximate surface area is 154 Å². The van der Waals surface area contributed by atoms with Crippen molar-refractivity contribution < 1.29 is 4.79 Å². The molecule has 1 N–H and O–H groups in total. The molecule has 4 rings (SSSR count). The van der Waals surface area contributed by atoms with Crippen LogP contribution >= 0.6 is 11.6 Å². The fourth-order valence-electron chi connectivity index (χ4n) is 3.92. The predicted octanol–water partition coefficient (Wildman–Crippen LogP) is 2.30. The van der Waals surface area contributed by atoms with Crippen molar-refractivity contribution in [1.29, 1.82) is 0 Å². The van der Waals surface area contributed by atoms with Crippen LogP contribution in [0.25, 0.3) is 0 Å². The number of anilines is 1. The number of fused-ring (bicyclic) bond motifs is 1. The summed E-state index contributed by atoms with van der Waals surface area (Å²) in [4.78, 5) is 38.1. The quantitative estimate of drug-likeness (QED) is 0.834. The molecule has 6 nitrogen and oxygen atoms in total. The molecular formula is C19H18ClN3O3. The molecule has 0 bridgehead atoms. The molecule has 1 aliphatic carbocycles.